The van der Waals surface area contributed by atoms with E-state index >= 15 is 0 Å². The highest BCUT2D eigenvalue weighted by Gasteiger charge is 2.10. The number of ether oxygens (including phenoxy) is 3. The number of unbranched alkanes of at least 4 members (excludes halogenated alkanes) is 17. The number of esters is 1. The topological polar surface area (TPSA) is 68.2 Å². The minimum absolute atomic E-state index is 0.0308. The molecule has 0 fully saturated rings. The van der Waals surface area contributed by atoms with Gasteiger partial charge in [0.05, 0.1) is 26.4 Å². The van der Waals surface area contributed by atoms with Gasteiger partial charge in [-0.15, -0.1) is 23.7 Å². The second-order valence-corrected chi connectivity index (χ2v) is 13.2. The first-order chi connectivity index (χ1) is 23.7. The molecule has 0 aliphatic carbocycles. The third-order valence-corrected chi connectivity index (χ3v) is 8.57. The fourth-order valence-corrected chi connectivity index (χ4v) is 5.51. The van der Waals surface area contributed by atoms with Crippen LogP contribution in [-0.4, -0.2) is 68.3 Å². The largest absolute Gasteiger partial charge is 0.466 e. The van der Waals surface area contributed by atoms with Gasteiger partial charge in [0.2, 0.25) is 0 Å². The van der Waals surface area contributed by atoms with Crippen LogP contribution in [0.4, 0.5) is 0 Å². The van der Waals surface area contributed by atoms with Crippen molar-refractivity contribution < 1.29 is 24.1 Å². The molecular weight excluding hydrogens is 598 g/mol. The van der Waals surface area contributed by atoms with E-state index in [4.69, 9.17) is 14.2 Å². The molecule has 280 valence electrons. The number of hydrogen-bond acceptors (Lipinski definition) is 6. The van der Waals surface area contributed by atoms with Crippen LogP contribution in [0.2, 0.25) is 0 Å². The number of carbonyl (C=O) groups is 1. The second-order valence-electron chi connectivity index (χ2n) is 13.2. The number of hydrogen-bond donors (Lipinski definition) is 1. The monoisotopic (exact) mass is 676 g/mol. The lowest BCUT2D eigenvalue weighted by molar-refractivity contribution is -0.144. The first kappa shape index (κ1) is 46.4. The minimum Gasteiger partial charge on any atom is -0.466 e. The normalized spacial score (nSPS) is 11.0. The van der Waals surface area contributed by atoms with E-state index in [1.807, 2.05) is 0 Å². The van der Waals surface area contributed by atoms with E-state index in [1.165, 1.54) is 64.2 Å². The van der Waals surface area contributed by atoms with Gasteiger partial charge in [0.15, 0.2) is 6.29 Å². The number of carbonyl (C=O) groups excluding carboxylic acids is 1. The molecule has 6 heteroatoms. The molecule has 0 heterocycles. The van der Waals surface area contributed by atoms with E-state index in [0.29, 0.717) is 26.2 Å². The van der Waals surface area contributed by atoms with Crippen LogP contribution in [0.3, 0.4) is 0 Å². The fraction of sp³-hybridized carbons (Fsp3) is 0.881. The zero-order chi connectivity index (χ0) is 35.0. The summed E-state index contributed by atoms with van der Waals surface area (Å²) < 4.78 is 17.5. The Morgan fingerprint density at radius 1 is 0.542 bits per heavy atom. The summed E-state index contributed by atoms with van der Waals surface area (Å²) in [4.78, 5) is 14.4. The zero-order valence-electron chi connectivity index (χ0n) is 31.9. The van der Waals surface area contributed by atoms with Gasteiger partial charge in [0.25, 0.3) is 0 Å². The van der Waals surface area contributed by atoms with Gasteiger partial charge < -0.3 is 24.2 Å². The van der Waals surface area contributed by atoms with Crippen molar-refractivity contribution in [3.05, 3.63) is 0 Å². The standard InChI is InChI=1S/C42H77NO5/c1-4-7-10-13-16-24-29-38-46-41(45)32-25-18-17-20-27-34-43(36-37-44)35-28-21-19-26-33-42(47-39-30-22-14-11-8-5-2)48-40-31-23-15-12-9-6-3/h42,44H,4-13,16-21,24-40H2,1-3H3. The molecule has 6 nitrogen and oxygen atoms in total. The summed E-state index contributed by atoms with van der Waals surface area (Å²) in [7, 11) is 0. The highest BCUT2D eigenvalue weighted by atomic mass is 16.7. The molecule has 0 atom stereocenters. The molecule has 0 amide bonds. The molecule has 0 aromatic carbocycles. The molecule has 0 rings (SSSR count). The zero-order valence-corrected chi connectivity index (χ0v) is 31.9. The highest BCUT2D eigenvalue weighted by Crippen LogP contribution is 2.13. The predicted octanol–water partition coefficient (Wildman–Crippen LogP) is 10.4. The molecule has 0 aromatic rings. The van der Waals surface area contributed by atoms with Gasteiger partial charge in [-0.05, 0) is 64.5 Å². The average Bonchev–Trinajstić information content (AvgIpc) is 3.09. The van der Waals surface area contributed by atoms with Crippen molar-refractivity contribution in [1.29, 1.82) is 0 Å². The van der Waals surface area contributed by atoms with Crippen molar-refractivity contribution >= 4 is 5.97 Å². The molecular formula is C42H77NO5. The van der Waals surface area contributed by atoms with Crippen molar-refractivity contribution in [1.82, 2.24) is 4.90 Å². The number of nitrogens with zero attached hydrogens (tertiary/aromatic N) is 1. The van der Waals surface area contributed by atoms with Gasteiger partial charge in [0.1, 0.15) is 0 Å². The third-order valence-electron chi connectivity index (χ3n) is 8.57. The van der Waals surface area contributed by atoms with Gasteiger partial charge in [-0.3, -0.25) is 4.79 Å². The lowest BCUT2D eigenvalue weighted by Gasteiger charge is -2.21. The van der Waals surface area contributed by atoms with Gasteiger partial charge in [-0.25, -0.2) is 0 Å². The van der Waals surface area contributed by atoms with E-state index in [2.05, 4.69) is 49.4 Å². The van der Waals surface area contributed by atoms with Crippen LogP contribution in [-0.2, 0) is 19.0 Å². The lowest BCUT2D eigenvalue weighted by atomic mass is 10.1. The smallest absolute Gasteiger partial charge is 0.305 e. The lowest BCUT2D eigenvalue weighted by Crippen LogP contribution is -2.29. The van der Waals surface area contributed by atoms with Crippen LogP contribution >= 0.6 is 0 Å². The summed E-state index contributed by atoms with van der Waals surface area (Å²) in [6, 6.07) is 0. The van der Waals surface area contributed by atoms with Crippen LogP contribution in [0.25, 0.3) is 0 Å². The Hall–Kier alpha value is -1.57. The summed E-state index contributed by atoms with van der Waals surface area (Å²) in [5.74, 6) is 12.9. The van der Waals surface area contributed by atoms with Gasteiger partial charge >= 0.3 is 5.97 Å². The van der Waals surface area contributed by atoms with Crippen LogP contribution in [0.5, 0.6) is 0 Å². The summed E-state index contributed by atoms with van der Waals surface area (Å²) in [5.41, 5.74) is 0. The molecule has 0 unspecified atom stereocenters. The molecule has 0 aliphatic heterocycles. The number of rotatable bonds is 35. The van der Waals surface area contributed by atoms with E-state index in [9.17, 15) is 9.90 Å². The third kappa shape index (κ3) is 35.7. The molecule has 0 aliphatic rings. The van der Waals surface area contributed by atoms with Crippen molar-refractivity contribution in [3.8, 4) is 23.7 Å². The van der Waals surface area contributed by atoms with Gasteiger partial charge in [-0.1, -0.05) is 104 Å². The Bertz CT molecular complexity index is 763. The van der Waals surface area contributed by atoms with Crippen LogP contribution in [0, 0.1) is 23.7 Å². The Balaban J connectivity index is 4.04. The Morgan fingerprint density at radius 3 is 1.58 bits per heavy atom. The fourth-order valence-electron chi connectivity index (χ4n) is 5.51. The highest BCUT2D eigenvalue weighted by molar-refractivity contribution is 5.69. The van der Waals surface area contributed by atoms with E-state index in [0.717, 1.165) is 116 Å². The Kier molecular flexibility index (Phi) is 38.6. The van der Waals surface area contributed by atoms with Crippen molar-refractivity contribution in [2.24, 2.45) is 0 Å². The second kappa shape index (κ2) is 39.9. The van der Waals surface area contributed by atoms with Crippen LogP contribution in [0.15, 0.2) is 0 Å². The van der Waals surface area contributed by atoms with Crippen molar-refractivity contribution in [2.45, 2.75) is 194 Å². The SMILES string of the molecule is CCCCC#CCCOC(CCCCCCN(CCO)CCCCCCCC(=O)OCCCCCCCCC)OCCC#CCCCC. The maximum absolute atomic E-state index is 12.0. The molecule has 1 N–H and O–H groups in total. The van der Waals surface area contributed by atoms with Gasteiger partial charge in [0, 0.05) is 38.6 Å². The van der Waals surface area contributed by atoms with Crippen molar-refractivity contribution in [2.75, 3.05) is 46.1 Å². The predicted molar refractivity (Wildman–Crippen MR) is 203 cm³/mol. The Labute approximate surface area is 298 Å². The van der Waals surface area contributed by atoms with E-state index in [-0.39, 0.29) is 18.9 Å². The molecule has 0 aromatic heterocycles. The summed E-state index contributed by atoms with van der Waals surface area (Å²) >= 11 is 0. The molecule has 0 saturated heterocycles. The molecule has 48 heavy (non-hydrogen) atoms. The van der Waals surface area contributed by atoms with Crippen LogP contribution in [0.1, 0.15) is 188 Å². The quantitative estimate of drug-likeness (QED) is 0.0312. The van der Waals surface area contributed by atoms with E-state index < -0.39 is 0 Å². The molecule has 0 radical (unpaired) electrons. The Morgan fingerprint density at radius 2 is 1.02 bits per heavy atom. The summed E-state index contributed by atoms with van der Waals surface area (Å²) in [5, 5.41) is 9.55. The number of aliphatic hydroxyl groups is 1. The first-order valence-corrected chi connectivity index (χ1v) is 20.3. The van der Waals surface area contributed by atoms with Crippen molar-refractivity contribution in [3.63, 3.8) is 0 Å². The minimum atomic E-state index is -0.175. The van der Waals surface area contributed by atoms with Crippen LogP contribution < -0.4 is 0 Å². The maximum atomic E-state index is 12.0. The van der Waals surface area contributed by atoms with Gasteiger partial charge in [-0.2, -0.15) is 0 Å². The summed E-state index contributed by atoms with van der Waals surface area (Å²) in [6.07, 6.45) is 28.2. The summed E-state index contributed by atoms with van der Waals surface area (Å²) in [6.45, 7) is 11.5. The molecule has 0 spiro atoms. The maximum Gasteiger partial charge on any atom is 0.305 e. The van der Waals surface area contributed by atoms with E-state index in [1.54, 1.807) is 0 Å². The first-order valence-electron chi connectivity index (χ1n) is 20.3. The average molecular weight is 676 g/mol. The molecule has 0 bridgehead atoms. The molecule has 0 saturated carbocycles. The number of aliphatic hydroxyl groups excluding tert-OH is 1.